The third-order valence-electron chi connectivity index (χ3n) is 2.88. The second kappa shape index (κ2) is 6.22. The normalized spacial score (nSPS) is 22.2. The predicted octanol–water partition coefficient (Wildman–Crippen LogP) is 4.21. The SMILES string of the molecule is CCN(CC)P(Cl)C1CCCCC1. The molecule has 0 radical (unpaired) electrons. The molecule has 1 unspecified atom stereocenters. The van der Waals surface area contributed by atoms with Crippen molar-refractivity contribution in [2.24, 2.45) is 0 Å². The second-order valence-corrected chi connectivity index (χ2v) is 6.63. The summed E-state index contributed by atoms with van der Waals surface area (Å²) in [6.45, 7) is 6.65. The van der Waals surface area contributed by atoms with E-state index < -0.39 is 0 Å². The molecule has 1 nitrogen and oxygen atoms in total. The van der Waals surface area contributed by atoms with E-state index >= 15 is 0 Å². The van der Waals surface area contributed by atoms with E-state index in [-0.39, 0.29) is 7.43 Å². The minimum atomic E-state index is -0.357. The molecule has 1 fully saturated rings. The number of rotatable bonds is 4. The van der Waals surface area contributed by atoms with Gasteiger partial charge in [-0.3, -0.25) is 4.67 Å². The van der Waals surface area contributed by atoms with E-state index in [4.69, 9.17) is 11.2 Å². The van der Waals surface area contributed by atoms with Crippen molar-refractivity contribution in [3.05, 3.63) is 0 Å². The molecule has 0 heterocycles. The van der Waals surface area contributed by atoms with Gasteiger partial charge in [-0.1, -0.05) is 44.4 Å². The first kappa shape index (κ1) is 11.8. The lowest BCUT2D eigenvalue weighted by atomic mass is 10.0. The molecule has 0 spiro atoms. The van der Waals surface area contributed by atoms with E-state index in [1.165, 1.54) is 32.1 Å². The zero-order valence-electron chi connectivity index (χ0n) is 8.80. The molecule has 0 aromatic heterocycles. The lowest BCUT2D eigenvalue weighted by Gasteiger charge is -2.33. The molecule has 0 N–H and O–H groups in total. The smallest absolute Gasteiger partial charge is 0.0657 e. The van der Waals surface area contributed by atoms with Gasteiger partial charge >= 0.3 is 0 Å². The van der Waals surface area contributed by atoms with E-state index in [2.05, 4.69) is 18.5 Å². The summed E-state index contributed by atoms with van der Waals surface area (Å²) in [5.74, 6) is 0. The number of halogens is 1. The van der Waals surface area contributed by atoms with Crippen LogP contribution < -0.4 is 0 Å². The Labute approximate surface area is 88.4 Å². The van der Waals surface area contributed by atoms with Gasteiger partial charge in [0.05, 0.1) is 7.43 Å². The summed E-state index contributed by atoms with van der Waals surface area (Å²) in [5, 5.41) is 0. The maximum atomic E-state index is 6.52. The van der Waals surface area contributed by atoms with Crippen LogP contribution >= 0.6 is 18.7 Å². The monoisotopic (exact) mass is 221 g/mol. The van der Waals surface area contributed by atoms with Gasteiger partial charge < -0.3 is 0 Å². The molecule has 0 bridgehead atoms. The van der Waals surface area contributed by atoms with E-state index in [0.29, 0.717) is 0 Å². The average molecular weight is 222 g/mol. The highest BCUT2D eigenvalue weighted by Gasteiger charge is 2.25. The van der Waals surface area contributed by atoms with Crippen LogP contribution in [0.1, 0.15) is 46.0 Å². The van der Waals surface area contributed by atoms with Crippen molar-refractivity contribution in [3.8, 4) is 0 Å². The Bertz CT molecular complexity index is 133. The standard InChI is InChI=1S/C10H21ClNP/c1-3-12(4-2)13(11)10-8-6-5-7-9-10/h10H,3-9H2,1-2H3. The number of hydrogen-bond donors (Lipinski definition) is 0. The molecule has 3 heteroatoms. The molecule has 1 saturated carbocycles. The summed E-state index contributed by atoms with van der Waals surface area (Å²) in [6, 6.07) is 0. The minimum absolute atomic E-state index is 0.357. The van der Waals surface area contributed by atoms with Gasteiger partial charge in [-0.25, -0.2) is 0 Å². The first-order chi connectivity index (χ1) is 6.29. The van der Waals surface area contributed by atoms with Gasteiger partial charge in [-0.15, -0.1) is 0 Å². The Kier molecular flexibility index (Phi) is 5.62. The third-order valence-corrected chi connectivity index (χ3v) is 6.57. The van der Waals surface area contributed by atoms with Crippen LogP contribution in [-0.2, 0) is 0 Å². The van der Waals surface area contributed by atoms with Crippen LogP contribution in [0.25, 0.3) is 0 Å². The van der Waals surface area contributed by atoms with Crippen molar-refractivity contribution in [1.29, 1.82) is 0 Å². The second-order valence-electron chi connectivity index (χ2n) is 3.72. The average Bonchev–Trinajstić information content (AvgIpc) is 2.21. The molecule has 0 aromatic carbocycles. The van der Waals surface area contributed by atoms with Gasteiger partial charge in [0.2, 0.25) is 0 Å². The predicted molar refractivity (Wildman–Crippen MR) is 62.6 cm³/mol. The Morgan fingerprint density at radius 1 is 1.15 bits per heavy atom. The lowest BCUT2D eigenvalue weighted by molar-refractivity contribution is 0.469. The van der Waals surface area contributed by atoms with Crippen molar-refractivity contribution < 1.29 is 0 Å². The highest BCUT2D eigenvalue weighted by Crippen LogP contribution is 2.54. The molecule has 1 aliphatic rings. The Balaban J connectivity index is 2.38. The van der Waals surface area contributed by atoms with E-state index in [1.54, 1.807) is 0 Å². The van der Waals surface area contributed by atoms with E-state index in [9.17, 15) is 0 Å². The van der Waals surface area contributed by atoms with Gasteiger partial charge in [-0.05, 0) is 12.8 Å². The Hall–Kier alpha value is 0.680. The van der Waals surface area contributed by atoms with Gasteiger partial charge in [0.1, 0.15) is 0 Å². The summed E-state index contributed by atoms with van der Waals surface area (Å²) >= 11 is 6.52. The first-order valence-electron chi connectivity index (χ1n) is 5.49. The topological polar surface area (TPSA) is 3.24 Å². The van der Waals surface area contributed by atoms with E-state index in [0.717, 1.165) is 18.7 Å². The van der Waals surface area contributed by atoms with E-state index in [1.807, 2.05) is 0 Å². The fraction of sp³-hybridized carbons (Fsp3) is 1.00. The fourth-order valence-electron chi connectivity index (χ4n) is 2.02. The maximum Gasteiger partial charge on any atom is 0.0657 e. The van der Waals surface area contributed by atoms with Crippen LogP contribution in [0.4, 0.5) is 0 Å². The zero-order chi connectivity index (χ0) is 9.68. The molecule has 0 aromatic rings. The summed E-state index contributed by atoms with van der Waals surface area (Å²) in [4.78, 5) is 0. The number of hydrogen-bond acceptors (Lipinski definition) is 1. The molecule has 0 amide bonds. The minimum Gasteiger partial charge on any atom is -0.270 e. The van der Waals surface area contributed by atoms with Crippen molar-refractivity contribution >= 4 is 18.7 Å². The van der Waals surface area contributed by atoms with Crippen LogP contribution in [-0.4, -0.2) is 23.4 Å². The Morgan fingerprint density at radius 3 is 2.15 bits per heavy atom. The van der Waals surface area contributed by atoms with Gasteiger partial charge in [-0.2, -0.15) is 0 Å². The summed E-state index contributed by atoms with van der Waals surface area (Å²) < 4.78 is 2.44. The molecule has 0 aliphatic heterocycles. The molecule has 1 rings (SSSR count). The summed E-state index contributed by atoms with van der Waals surface area (Å²) in [7, 11) is -0.357. The molecular weight excluding hydrogens is 201 g/mol. The lowest BCUT2D eigenvalue weighted by Crippen LogP contribution is -2.22. The third kappa shape index (κ3) is 3.38. The van der Waals surface area contributed by atoms with Crippen LogP contribution in [0.2, 0.25) is 0 Å². The van der Waals surface area contributed by atoms with Crippen LogP contribution in [0, 0.1) is 0 Å². The highest BCUT2D eigenvalue weighted by atomic mass is 35.7. The molecule has 13 heavy (non-hydrogen) atoms. The number of nitrogens with zero attached hydrogens (tertiary/aromatic N) is 1. The quantitative estimate of drug-likeness (QED) is 0.643. The first-order valence-corrected chi connectivity index (χ1v) is 7.76. The van der Waals surface area contributed by atoms with Crippen molar-refractivity contribution in [1.82, 2.24) is 4.67 Å². The van der Waals surface area contributed by atoms with Gasteiger partial charge in [0.25, 0.3) is 0 Å². The van der Waals surface area contributed by atoms with Crippen molar-refractivity contribution in [2.75, 3.05) is 13.1 Å². The van der Waals surface area contributed by atoms with Crippen molar-refractivity contribution in [2.45, 2.75) is 51.6 Å². The highest BCUT2D eigenvalue weighted by molar-refractivity contribution is 7.82. The van der Waals surface area contributed by atoms with Crippen molar-refractivity contribution in [3.63, 3.8) is 0 Å². The van der Waals surface area contributed by atoms with Crippen LogP contribution in [0.3, 0.4) is 0 Å². The largest absolute Gasteiger partial charge is 0.270 e. The molecule has 78 valence electrons. The summed E-state index contributed by atoms with van der Waals surface area (Å²) in [5.41, 5.74) is 0.810. The molecule has 1 aliphatic carbocycles. The van der Waals surface area contributed by atoms with Crippen LogP contribution in [0.15, 0.2) is 0 Å². The fourth-order valence-corrected chi connectivity index (χ4v) is 5.04. The van der Waals surface area contributed by atoms with Crippen LogP contribution in [0.5, 0.6) is 0 Å². The molecule has 0 saturated heterocycles. The van der Waals surface area contributed by atoms with Gasteiger partial charge in [0, 0.05) is 18.7 Å². The summed E-state index contributed by atoms with van der Waals surface area (Å²) in [6.07, 6.45) is 6.96. The zero-order valence-corrected chi connectivity index (χ0v) is 10.4. The van der Waals surface area contributed by atoms with Gasteiger partial charge in [0.15, 0.2) is 0 Å². The molecule has 1 atom stereocenters. The molecular formula is C10H21ClNP. The Morgan fingerprint density at radius 2 is 1.69 bits per heavy atom. The maximum absolute atomic E-state index is 6.52.